The minimum atomic E-state index is 1.17. The number of aromatic amines is 1. The third-order valence-electron chi connectivity index (χ3n) is 2.91. The van der Waals surface area contributed by atoms with Crippen LogP contribution in [-0.2, 0) is 6.54 Å². The smallest absolute Gasteiger partial charge is 0.127 e. The summed E-state index contributed by atoms with van der Waals surface area (Å²) in [6.07, 6.45) is 2.01. The highest BCUT2D eigenvalue weighted by Gasteiger charge is 2.19. The maximum atomic E-state index is 3.27. The minimum absolute atomic E-state index is 1.17. The molecule has 0 spiro atoms. The highest BCUT2D eigenvalue weighted by Crippen LogP contribution is 1.90. The normalized spacial score (nSPS) is 29.0. The fourth-order valence-corrected chi connectivity index (χ4v) is 1.95. The van der Waals surface area contributed by atoms with Crippen LogP contribution in [0.25, 0.3) is 0 Å². The zero-order chi connectivity index (χ0) is 9.10. The number of hydrogen-bond acceptors (Lipinski definition) is 0. The highest BCUT2D eigenvalue weighted by atomic mass is 15.2. The first-order chi connectivity index (χ1) is 6.34. The van der Waals surface area contributed by atoms with Gasteiger partial charge in [0.05, 0.1) is 12.7 Å². The van der Waals surface area contributed by atoms with E-state index in [0.29, 0.717) is 0 Å². The summed E-state index contributed by atoms with van der Waals surface area (Å²) in [7, 11) is 2.28. The molecule has 0 bridgehead atoms. The van der Waals surface area contributed by atoms with Crippen molar-refractivity contribution in [2.75, 3.05) is 33.2 Å². The predicted octanol–water partition coefficient (Wildman–Crippen LogP) is -2.07. The van der Waals surface area contributed by atoms with E-state index in [1.807, 2.05) is 6.20 Å². The van der Waals surface area contributed by atoms with Crippen LogP contribution in [-0.4, -0.2) is 38.2 Å². The van der Waals surface area contributed by atoms with Crippen LogP contribution in [0.5, 0.6) is 0 Å². The highest BCUT2D eigenvalue weighted by molar-refractivity contribution is 5.01. The Balaban J connectivity index is 1.83. The molecule has 0 aliphatic carbocycles. The van der Waals surface area contributed by atoms with E-state index in [1.165, 1.54) is 38.4 Å². The molecule has 2 rings (SSSR count). The molecular formula is C10H19N3+2. The molecule has 13 heavy (non-hydrogen) atoms. The van der Waals surface area contributed by atoms with Crippen LogP contribution in [0.4, 0.5) is 0 Å². The molecule has 1 saturated heterocycles. The summed E-state index contributed by atoms with van der Waals surface area (Å²) in [5.41, 5.74) is 1.37. The Bertz CT molecular complexity index is 235. The minimum Gasteiger partial charge on any atom is -0.360 e. The van der Waals surface area contributed by atoms with E-state index >= 15 is 0 Å². The summed E-state index contributed by atoms with van der Waals surface area (Å²) in [6, 6.07) is 4.26. The summed E-state index contributed by atoms with van der Waals surface area (Å²) in [6.45, 7) is 6.42. The van der Waals surface area contributed by atoms with Gasteiger partial charge in [-0.3, -0.25) is 0 Å². The predicted molar refractivity (Wildman–Crippen MR) is 51.8 cm³/mol. The molecule has 1 aliphatic rings. The van der Waals surface area contributed by atoms with Crippen molar-refractivity contribution in [2.45, 2.75) is 6.54 Å². The second kappa shape index (κ2) is 3.94. The van der Waals surface area contributed by atoms with Gasteiger partial charge < -0.3 is 14.8 Å². The van der Waals surface area contributed by atoms with Crippen LogP contribution in [0.3, 0.4) is 0 Å². The molecule has 1 aliphatic heterocycles. The average Bonchev–Trinajstić information content (AvgIpc) is 2.62. The molecule has 2 heterocycles. The molecular weight excluding hydrogens is 162 g/mol. The van der Waals surface area contributed by atoms with Crippen molar-refractivity contribution in [3.05, 3.63) is 24.0 Å². The lowest BCUT2D eigenvalue weighted by atomic mass is 10.3. The molecule has 0 saturated carbocycles. The van der Waals surface area contributed by atoms with Gasteiger partial charge in [-0.15, -0.1) is 0 Å². The summed E-state index contributed by atoms with van der Waals surface area (Å²) >= 11 is 0. The Labute approximate surface area is 79.3 Å². The van der Waals surface area contributed by atoms with Gasteiger partial charge in [-0.1, -0.05) is 0 Å². The van der Waals surface area contributed by atoms with E-state index in [4.69, 9.17) is 0 Å². The molecule has 3 nitrogen and oxygen atoms in total. The van der Waals surface area contributed by atoms with E-state index in [2.05, 4.69) is 24.2 Å². The van der Waals surface area contributed by atoms with E-state index in [9.17, 15) is 0 Å². The van der Waals surface area contributed by atoms with Gasteiger partial charge in [0.15, 0.2) is 0 Å². The van der Waals surface area contributed by atoms with Gasteiger partial charge >= 0.3 is 0 Å². The van der Waals surface area contributed by atoms with Crippen LogP contribution in [0, 0.1) is 0 Å². The van der Waals surface area contributed by atoms with E-state index in [-0.39, 0.29) is 0 Å². The van der Waals surface area contributed by atoms with Crippen molar-refractivity contribution in [1.82, 2.24) is 4.98 Å². The van der Waals surface area contributed by atoms with Crippen molar-refractivity contribution in [3.63, 3.8) is 0 Å². The monoisotopic (exact) mass is 181 g/mol. The molecule has 72 valence electrons. The van der Waals surface area contributed by atoms with Gasteiger partial charge in [0, 0.05) is 6.20 Å². The van der Waals surface area contributed by atoms with Crippen molar-refractivity contribution in [1.29, 1.82) is 0 Å². The SMILES string of the molecule is C[NH+]1CC[NH+](Cc2ccc[nH]2)CC1. The quantitative estimate of drug-likeness (QED) is 0.467. The number of hydrogen-bond donors (Lipinski definition) is 3. The number of aromatic nitrogens is 1. The zero-order valence-electron chi connectivity index (χ0n) is 8.27. The number of rotatable bonds is 2. The van der Waals surface area contributed by atoms with Gasteiger partial charge in [-0.2, -0.15) is 0 Å². The fraction of sp³-hybridized carbons (Fsp3) is 0.600. The molecule has 3 N–H and O–H groups in total. The lowest BCUT2D eigenvalue weighted by Gasteiger charge is -2.26. The lowest BCUT2D eigenvalue weighted by molar-refractivity contribution is -1.01. The second-order valence-corrected chi connectivity index (χ2v) is 4.08. The van der Waals surface area contributed by atoms with Gasteiger partial charge in [0.25, 0.3) is 0 Å². The third-order valence-corrected chi connectivity index (χ3v) is 2.91. The summed E-state index contributed by atoms with van der Waals surface area (Å²) in [5.74, 6) is 0. The molecule has 0 amide bonds. The number of likely N-dealkylation sites (N-methyl/N-ethyl adjacent to an activating group) is 1. The molecule has 1 fully saturated rings. The fourth-order valence-electron chi connectivity index (χ4n) is 1.95. The van der Waals surface area contributed by atoms with Crippen LogP contribution < -0.4 is 9.80 Å². The van der Waals surface area contributed by atoms with Crippen molar-refractivity contribution < 1.29 is 9.80 Å². The largest absolute Gasteiger partial charge is 0.360 e. The number of quaternary nitrogens is 2. The Kier molecular flexibility index (Phi) is 2.66. The van der Waals surface area contributed by atoms with E-state index in [0.717, 1.165) is 0 Å². The maximum absolute atomic E-state index is 3.27. The average molecular weight is 181 g/mol. The molecule has 1 aromatic heterocycles. The number of H-pyrrole nitrogens is 1. The first-order valence-electron chi connectivity index (χ1n) is 5.12. The van der Waals surface area contributed by atoms with E-state index in [1.54, 1.807) is 9.80 Å². The molecule has 0 unspecified atom stereocenters. The Morgan fingerprint density at radius 1 is 1.31 bits per heavy atom. The Morgan fingerprint density at radius 3 is 2.69 bits per heavy atom. The van der Waals surface area contributed by atoms with Gasteiger partial charge in [-0.25, -0.2) is 0 Å². The van der Waals surface area contributed by atoms with Gasteiger partial charge in [0.1, 0.15) is 32.7 Å². The first kappa shape index (κ1) is 8.78. The zero-order valence-corrected chi connectivity index (χ0v) is 8.27. The van der Waals surface area contributed by atoms with Crippen LogP contribution in [0.15, 0.2) is 18.3 Å². The van der Waals surface area contributed by atoms with Crippen molar-refractivity contribution in [3.8, 4) is 0 Å². The van der Waals surface area contributed by atoms with Gasteiger partial charge in [-0.05, 0) is 12.1 Å². The molecule has 0 radical (unpaired) electrons. The lowest BCUT2D eigenvalue weighted by Crippen LogP contribution is -3.26. The topological polar surface area (TPSA) is 24.7 Å². The van der Waals surface area contributed by atoms with E-state index < -0.39 is 0 Å². The van der Waals surface area contributed by atoms with Gasteiger partial charge in [0.2, 0.25) is 0 Å². The molecule has 3 heteroatoms. The Hall–Kier alpha value is -0.800. The molecule has 0 atom stereocenters. The number of piperazine rings is 1. The molecule has 0 aromatic carbocycles. The standard InChI is InChI=1S/C10H17N3/c1-12-5-7-13(8-6-12)9-10-3-2-4-11-10/h2-4,11H,5-9H2,1H3/p+2. The van der Waals surface area contributed by atoms with Crippen LogP contribution in [0.1, 0.15) is 5.69 Å². The van der Waals surface area contributed by atoms with Crippen LogP contribution >= 0.6 is 0 Å². The Morgan fingerprint density at radius 2 is 2.08 bits per heavy atom. The van der Waals surface area contributed by atoms with Crippen LogP contribution in [0.2, 0.25) is 0 Å². The number of nitrogens with one attached hydrogen (secondary N) is 3. The first-order valence-corrected chi connectivity index (χ1v) is 5.12. The second-order valence-electron chi connectivity index (χ2n) is 4.08. The summed E-state index contributed by atoms with van der Waals surface area (Å²) < 4.78 is 0. The van der Waals surface area contributed by atoms with Crippen molar-refractivity contribution >= 4 is 0 Å². The summed E-state index contributed by atoms with van der Waals surface area (Å²) in [4.78, 5) is 6.66. The summed E-state index contributed by atoms with van der Waals surface area (Å²) in [5, 5.41) is 0. The third kappa shape index (κ3) is 2.32. The molecule has 1 aromatic rings. The van der Waals surface area contributed by atoms with Crippen molar-refractivity contribution in [2.24, 2.45) is 0 Å². The maximum Gasteiger partial charge on any atom is 0.127 e.